The number of aromatic nitrogens is 3. The number of rotatable bonds is 5. The zero-order chi connectivity index (χ0) is 14.8. The van der Waals surface area contributed by atoms with Crippen molar-refractivity contribution in [3.05, 3.63) is 24.2 Å². The molecule has 2 aromatic heterocycles. The third-order valence-corrected chi connectivity index (χ3v) is 3.18. The van der Waals surface area contributed by atoms with Gasteiger partial charge in [0, 0.05) is 30.9 Å². The van der Waals surface area contributed by atoms with Crippen molar-refractivity contribution >= 4 is 11.3 Å². The van der Waals surface area contributed by atoms with Crippen LogP contribution in [0.2, 0.25) is 0 Å². The highest BCUT2D eigenvalue weighted by Gasteiger charge is 2.20. The van der Waals surface area contributed by atoms with Crippen LogP contribution in [0.15, 0.2) is 18.5 Å². The van der Waals surface area contributed by atoms with Gasteiger partial charge in [-0.1, -0.05) is 20.8 Å². The second-order valence-electron chi connectivity index (χ2n) is 5.79. The third-order valence-electron chi connectivity index (χ3n) is 3.18. The van der Waals surface area contributed by atoms with Crippen LogP contribution >= 0.6 is 0 Å². The van der Waals surface area contributed by atoms with E-state index in [0.717, 1.165) is 17.0 Å². The standard InChI is InChI=1S/C14H22N4O2/c1-14(2,3)12-10-11-13(15-4-5-18(11)16-12)17(6-8-19)7-9-20/h4-5,10,19-20H,6-9H2,1-3H3. The summed E-state index contributed by atoms with van der Waals surface area (Å²) in [6.45, 7) is 7.24. The van der Waals surface area contributed by atoms with Gasteiger partial charge in [-0.2, -0.15) is 5.10 Å². The Morgan fingerprint density at radius 1 is 1.20 bits per heavy atom. The zero-order valence-corrected chi connectivity index (χ0v) is 12.2. The van der Waals surface area contributed by atoms with Gasteiger partial charge >= 0.3 is 0 Å². The number of nitrogens with zero attached hydrogens (tertiary/aromatic N) is 4. The summed E-state index contributed by atoms with van der Waals surface area (Å²) >= 11 is 0. The molecule has 2 heterocycles. The number of hydrogen-bond donors (Lipinski definition) is 2. The van der Waals surface area contributed by atoms with E-state index in [2.05, 4.69) is 30.9 Å². The summed E-state index contributed by atoms with van der Waals surface area (Å²) in [6, 6.07) is 2.02. The molecule has 0 saturated heterocycles. The predicted molar refractivity (Wildman–Crippen MR) is 78.1 cm³/mol. The van der Waals surface area contributed by atoms with E-state index in [1.165, 1.54) is 0 Å². The molecule has 0 amide bonds. The molecular weight excluding hydrogens is 256 g/mol. The number of anilines is 1. The molecule has 0 radical (unpaired) electrons. The molecule has 110 valence electrons. The van der Waals surface area contributed by atoms with Gasteiger partial charge < -0.3 is 15.1 Å². The molecule has 0 spiro atoms. The molecule has 0 unspecified atom stereocenters. The highest BCUT2D eigenvalue weighted by Crippen LogP contribution is 2.26. The largest absolute Gasteiger partial charge is 0.395 e. The molecule has 2 rings (SSSR count). The quantitative estimate of drug-likeness (QED) is 0.847. The lowest BCUT2D eigenvalue weighted by molar-refractivity contribution is 0.281. The van der Waals surface area contributed by atoms with Crippen LogP contribution in [-0.4, -0.2) is 51.1 Å². The fourth-order valence-corrected chi connectivity index (χ4v) is 2.08. The maximum absolute atomic E-state index is 9.16. The van der Waals surface area contributed by atoms with E-state index in [4.69, 9.17) is 10.2 Å². The Kier molecular flexibility index (Phi) is 4.25. The van der Waals surface area contributed by atoms with E-state index >= 15 is 0 Å². The van der Waals surface area contributed by atoms with Gasteiger partial charge in [0.05, 0.1) is 18.9 Å². The van der Waals surface area contributed by atoms with E-state index < -0.39 is 0 Å². The summed E-state index contributed by atoms with van der Waals surface area (Å²) in [5.41, 5.74) is 1.83. The first-order valence-electron chi connectivity index (χ1n) is 6.79. The van der Waals surface area contributed by atoms with Gasteiger partial charge in [0.25, 0.3) is 0 Å². The minimum absolute atomic E-state index is 0.0169. The Balaban J connectivity index is 2.50. The average molecular weight is 278 g/mol. The van der Waals surface area contributed by atoms with E-state index in [1.807, 2.05) is 17.2 Å². The first-order valence-corrected chi connectivity index (χ1v) is 6.79. The molecule has 0 saturated carbocycles. The summed E-state index contributed by atoms with van der Waals surface area (Å²) in [6.07, 6.45) is 3.49. The van der Waals surface area contributed by atoms with Crippen LogP contribution < -0.4 is 4.90 Å². The Labute approximate surface area is 118 Å². The summed E-state index contributed by atoms with van der Waals surface area (Å²) in [4.78, 5) is 6.25. The second-order valence-corrected chi connectivity index (χ2v) is 5.79. The molecule has 0 aliphatic carbocycles. The number of aliphatic hydroxyl groups is 2. The maximum atomic E-state index is 9.16. The van der Waals surface area contributed by atoms with Gasteiger partial charge in [-0.05, 0) is 6.07 Å². The Bertz CT molecular complexity index is 568. The monoisotopic (exact) mass is 278 g/mol. The maximum Gasteiger partial charge on any atom is 0.154 e. The van der Waals surface area contributed by atoms with Crippen molar-refractivity contribution in [3.8, 4) is 0 Å². The molecule has 20 heavy (non-hydrogen) atoms. The fourth-order valence-electron chi connectivity index (χ4n) is 2.08. The van der Waals surface area contributed by atoms with E-state index in [1.54, 1.807) is 10.7 Å². The Morgan fingerprint density at radius 2 is 1.85 bits per heavy atom. The predicted octanol–water partition coefficient (Wildman–Crippen LogP) is 0.818. The Hall–Kier alpha value is -1.66. The van der Waals surface area contributed by atoms with Crippen molar-refractivity contribution in [1.29, 1.82) is 0 Å². The average Bonchev–Trinajstić information content (AvgIpc) is 2.82. The van der Waals surface area contributed by atoms with Gasteiger partial charge in [0.15, 0.2) is 5.82 Å². The molecular formula is C14H22N4O2. The topological polar surface area (TPSA) is 73.9 Å². The van der Waals surface area contributed by atoms with Gasteiger partial charge in [-0.15, -0.1) is 0 Å². The van der Waals surface area contributed by atoms with Crippen molar-refractivity contribution in [1.82, 2.24) is 14.6 Å². The van der Waals surface area contributed by atoms with E-state index in [0.29, 0.717) is 13.1 Å². The summed E-state index contributed by atoms with van der Waals surface area (Å²) in [7, 11) is 0. The van der Waals surface area contributed by atoms with Gasteiger partial charge in [0.1, 0.15) is 5.52 Å². The van der Waals surface area contributed by atoms with Gasteiger partial charge in [0.2, 0.25) is 0 Å². The lowest BCUT2D eigenvalue weighted by Gasteiger charge is -2.22. The second kappa shape index (κ2) is 5.76. The van der Waals surface area contributed by atoms with Gasteiger partial charge in [-0.25, -0.2) is 9.50 Å². The van der Waals surface area contributed by atoms with E-state index in [9.17, 15) is 0 Å². The SMILES string of the molecule is CC(C)(C)c1cc2c(N(CCO)CCO)nccn2n1. The first-order chi connectivity index (χ1) is 9.47. The molecule has 0 aliphatic rings. The number of hydrogen-bond acceptors (Lipinski definition) is 5. The first kappa shape index (κ1) is 14.7. The minimum atomic E-state index is -0.0396. The minimum Gasteiger partial charge on any atom is -0.395 e. The van der Waals surface area contributed by atoms with Crippen molar-refractivity contribution in [2.24, 2.45) is 0 Å². The van der Waals surface area contributed by atoms with Gasteiger partial charge in [-0.3, -0.25) is 0 Å². The lowest BCUT2D eigenvalue weighted by Crippen LogP contribution is -2.30. The van der Waals surface area contributed by atoms with Crippen LogP contribution in [0, 0.1) is 0 Å². The van der Waals surface area contributed by atoms with Crippen LogP contribution in [-0.2, 0) is 5.41 Å². The van der Waals surface area contributed by atoms with Crippen LogP contribution in [0.5, 0.6) is 0 Å². The smallest absolute Gasteiger partial charge is 0.154 e. The normalized spacial score (nSPS) is 12.1. The molecule has 0 atom stereocenters. The van der Waals surface area contributed by atoms with Crippen LogP contribution in [0.1, 0.15) is 26.5 Å². The van der Waals surface area contributed by atoms with Crippen molar-refractivity contribution < 1.29 is 10.2 Å². The summed E-state index contributed by atoms with van der Waals surface area (Å²) in [5, 5.41) is 22.9. The lowest BCUT2D eigenvalue weighted by atomic mass is 9.92. The van der Waals surface area contributed by atoms with Crippen LogP contribution in [0.25, 0.3) is 5.52 Å². The fraction of sp³-hybridized carbons (Fsp3) is 0.571. The molecule has 2 aromatic rings. The van der Waals surface area contributed by atoms with Crippen molar-refractivity contribution in [2.45, 2.75) is 26.2 Å². The zero-order valence-electron chi connectivity index (χ0n) is 12.2. The molecule has 0 aromatic carbocycles. The number of aliphatic hydroxyl groups excluding tert-OH is 2. The highest BCUT2D eigenvalue weighted by atomic mass is 16.3. The van der Waals surface area contributed by atoms with Crippen LogP contribution in [0.3, 0.4) is 0 Å². The molecule has 0 fully saturated rings. The molecule has 6 nitrogen and oxygen atoms in total. The summed E-state index contributed by atoms with van der Waals surface area (Å²) in [5.74, 6) is 0.735. The summed E-state index contributed by atoms with van der Waals surface area (Å²) < 4.78 is 1.80. The molecule has 0 aliphatic heterocycles. The van der Waals surface area contributed by atoms with E-state index in [-0.39, 0.29) is 18.6 Å². The molecule has 2 N–H and O–H groups in total. The number of fused-ring (bicyclic) bond motifs is 1. The third kappa shape index (κ3) is 2.91. The molecule has 0 bridgehead atoms. The van der Waals surface area contributed by atoms with Crippen molar-refractivity contribution in [3.63, 3.8) is 0 Å². The van der Waals surface area contributed by atoms with Crippen LogP contribution in [0.4, 0.5) is 5.82 Å². The Morgan fingerprint density at radius 3 is 2.40 bits per heavy atom. The molecule has 6 heteroatoms. The van der Waals surface area contributed by atoms with Crippen molar-refractivity contribution in [2.75, 3.05) is 31.2 Å². The highest BCUT2D eigenvalue weighted by molar-refractivity contribution is 5.69.